The van der Waals surface area contributed by atoms with E-state index in [2.05, 4.69) is 10.3 Å². The fourth-order valence-corrected chi connectivity index (χ4v) is 1.46. The van der Waals surface area contributed by atoms with Crippen LogP contribution < -0.4 is 11.1 Å². The van der Waals surface area contributed by atoms with Gasteiger partial charge >= 0.3 is 0 Å². The topological polar surface area (TPSA) is 60.2 Å². The molecule has 1 heterocycles. The van der Waals surface area contributed by atoms with Crippen LogP contribution in [0.15, 0.2) is 18.5 Å². The van der Waals surface area contributed by atoms with E-state index in [9.17, 15) is 0 Å². The van der Waals surface area contributed by atoms with Crippen LogP contribution in [0.25, 0.3) is 0 Å². The lowest BCUT2D eigenvalue weighted by Crippen LogP contribution is -2.29. The Morgan fingerprint density at radius 3 is 2.79 bits per heavy atom. The van der Waals surface area contributed by atoms with Crippen LogP contribution in [0, 0.1) is 0 Å². The van der Waals surface area contributed by atoms with Crippen LogP contribution in [0.5, 0.6) is 0 Å². The van der Waals surface area contributed by atoms with E-state index < -0.39 is 0 Å². The average molecular weight is 195 g/mol. The molecule has 14 heavy (non-hydrogen) atoms. The van der Waals surface area contributed by atoms with Crippen molar-refractivity contribution in [2.45, 2.75) is 19.1 Å². The zero-order chi connectivity index (χ0) is 10.6. The first kappa shape index (κ1) is 10.9. The molecule has 1 aromatic rings. The molecule has 0 aromatic carbocycles. The molecule has 1 rings (SSSR count). The Balaban J connectivity index is 2.94. The number of aromatic nitrogens is 1. The SMILES string of the molecule is CNC(c1cnccc1N)C(C)OC. The lowest BCUT2D eigenvalue weighted by molar-refractivity contribution is 0.0858. The van der Waals surface area contributed by atoms with E-state index in [1.165, 1.54) is 0 Å². The molecule has 0 aliphatic heterocycles. The minimum Gasteiger partial charge on any atom is -0.398 e. The number of pyridine rings is 1. The molecular weight excluding hydrogens is 178 g/mol. The van der Waals surface area contributed by atoms with Gasteiger partial charge < -0.3 is 15.8 Å². The first-order valence-corrected chi connectivity index (χ1v) is 4.60. The van der Waals surface area contributed by atoms with Gasteiger partial charge in [0.05, 0.1) is 12.1 Å². The van der Waals surface area contributed by atoms with Gasteiger partial charge in [0.25, 0.3) is 0 Å². The number of rotatable bonds is 4. The zero-order valence-corrected chi connectivity index (χ0v) is 8.82. The Hall–Kier alpha value is -1.13. The Morgan fingerprint density at radius 1 is 1.57 bits per heavy atom. The molecule has 0 saturated heterocycles. The number of methoxy groups -OCH3 is 1. The second kappa shape index (κ2) is 4.93. The third-order valence-electron chi connectivity index (χ3n) is 2.37. The van der Waals surface area contributed by atoms with Gasteiger partial charge in [-0.05, 0) is 20.0 Å². The van der Waals surface area contributed by atoms with Crippen LogP contribution >= 0.6 is 0 Å². The smallest absolute Gasteiger partial charge is 0.0739 e. The summed E-state index contributed by atoms with van der Waals surface area (Å²) in [5, 5.41) is 3.16. The first-order valence-electron chi connectivity index (χ1n) is 4.60. The number of nitrogens with zero attached hydrogens (tertiary/aromatic N) is 1. The van der Waals surface area contributed by atoms with Crippen molar-refractivity contribution in [2.75, 3.05) is 19.9 Å². The van der Waals surface area contributed by atoms with Gasteiger partial charge in [0, 0.05) is 30.8 Å². The number of hydrogen-bond donors (Lipinski definition) is 2. The summed E-state index contributed by atoms with van der Waals surface area (Å²) in [7, 11) is 3.56. The Labute approximate surface area is 84.5 Å². The van der Waals surface area contributed by atoms with Crippen molar-refractivity contribution in [1.29, 1.82) is 0 Å². The van der Waals surface area contributed by atoms with Crippen molar-refractivity contribution in [2.24, 2.45) is 0 Å². The maximum atomic E-state index is 5.85. The summed E-state index contributed by atoms with van der Waals surface area (Å²) in [6.07, 6.45) is 3.51. The molecule has 0 aliphatic carbocycles. The van der Waals surface area contributed by atoms with Gasteiger partial charge in [-0.3, -0.25) is 4.98 Å². The van der Waals surface area contributed by atoms with Gasteiger partial charge in [-0.1, -0.05) is 0 Å². The van der Waals surface area contributed by atoms with E-state index in [0.717, 1.165) is 11.3 Å². The minimum atomic E-state index is 0.0616. The summed E-state index contributed by atoms with van der Waals surface area (Å²) in [5.41, 5.74) is 7.57. The van der Waals surface area contributed by atoms with Gasteiger partial charge in [0.2, 0.25) is 0 Å². The van der Waals surface area contributed by atoms with E-state index in [-0.39, 0.29) is 12.1 Å². The molecule has 0 aliphatic rings. The van der Waals surface area contributed by atoms with E-state index in [1.807, 2.05) is 14.0 Å². The van der Waals surface area contributed by atoms with Crippen LogP contribution in [-0.2, 0) is 4.74 Å². The average Bonchev–Trinajstić information content (AvgIpc) is 2.21. The molecule has 2 atom stereocenters. The van der Waals surface area contributed by atoms with Crippen LogP contribution in [0.4, 0.5) is 5.69 Å². The number of anilines is 1. The first-order chi connectivity index (χ1) is 6.70. The van der Waals surface area contributed by atoms with Gasteiger partial charge in [0.1, 0.15) is 0 Å². The highest BCUT2D eigenvalue weighted by molar-refractivity contribution is 5.46. The highest BCUT2D eigenvalue weighted by atomic mass is 16.5. The van der Waals surface area contributed by atoms with Gasteiger partial charge in [-0.15, -0.1) is 0 Å². The summed E-state index contributed by atoms with van der Waals surface area (Å²) in [4.78, 5) is 4.06. The summed E-state index contributed by atoms with van der Waals surface area (Å²) in [5.74, 6) is 0. The quantitative estimate of drug-likeness (QED) is 0.751. The number of likely N-dealkylation sites (N-methyl/N-ethyl adjacent to an activating group) is 1. The van der Waals surface area contributed by atoms with Crippen LogP contribution in [-0.4, -0.2) is 25.2 Å². The molecule has 0 fully saturated rings. The molecule has 4 nitrogen and oxygen atoms in total. The molecule has 4 heteroatoms. The molecular formula is C10H17N3O. The predicted octanol–water partition coefficient (Wildman–Crippen LogP) is 0.959. The predicted molar refractivity (Wildman–Crippen MR) is 56.9 cm³/mol. The highest BCUT2D eigenvalue weighted by Crippen LogP contribution is 2.22. The number of nitrogens with two attached hydrogens (primary N) is 1. The van der Waals surface area contributed by atoms with Gasteiger partial charge in [-0.25, -0.2) is 0 Å². The number of ether oxygens (including phenoxy) is 1. The second-order valence-corrected chi connectivity index (χ2v) is 3.21. The summed E-state index contributed by atoms with van der Waals surface area (Å²) in [6.45, 7) is 1.99. The summed E-state index contributed by atoms with van der Waals surface area (Å²) >= 11 is 0. The van der Waals surface area contributed by atoms with E-state index in [1.54, 1.807) is 25.6 Å². The number of nitrogen functional groups attached to an aromatic ring is 1. The van der Waals surface area contributed by atoms with Crippen molar-refractivity contribution in [3.63, 3.8) is 0 Å². The molecule has 0 bridgehead atoms. The minimum absolute atomic E-state index is 0.0616. The molecule has 0 saturated carbocycles. The van der Waals surface area contributed by atoms with Crippen LogP contribution in [0.3, 0.4) is 0 Å². The largest absolute Gasteiger partial charge is 0.398 e. The molecule has 2 unspecified atom stereocenters. The third kappa shape index (κ3) is 2.21. The Morgan fingerprint density at radius 2 is 2.29 bits per heavy atom. The van der Waals surface area contributed by atoms with Crippen molar-refractivity contribution in [3.8, 4) is 0 Å². The van der Waals surface area contributed by atoms with Crippen molar-refractivity contribution >= 4 is 5.69 Å². The monoisotopic (exact) mass is 195 g/mol. The Bertz CT molecular complexity index is 290. The number of hydrogen-bond acceptors (Lipinski definition) is 4. The van der Waals surface area contributed by atoms with E-state index >= 15 is 0 Å². The summed E-state index contributed by atoms with van der Waals surface area (Å²) in [6, 6.07) is 1.87. The molecule has 0 amide bonds. The fraction of sp³-hybridized carbons (Fsp3) is 0.500. The molecule has 0 radical (unpaired) electrons. The second-order valence-electron chi connectivity index (χ2n) is 3.21. The lowest BCUT2D eigenvalue weighted by Gasteiger charge is -2.23. The number of nitrogens with one attached hydrogen (secondary N) is 1. The third-order valence-corrected chi connectivity index (χ3v) is 2.37. The normalized spacial score (nSPS) is 15.1. The lowest BCUT2D eigenvalue weighted by atomic mass is 10.0. The fourth-order valence-electron chi connectivity index (χ4n) is 1.46. The standard InChI is InChI=1S/C10H17N3O/c1-7(14-3)10(12-2)8-6-13-5-4-9(8)11/h4-7,10,12H,1-3H3,(H2,11,13). The van der Waals surface area contributed by atoms with Crippen LogP contribution in [0.1, 0.15) is 18.5 Å². The molecule has 1 aromatic heterocycles. The van der Waals surface area contributed by atoms with E-state index in [4.69, 9.17) is 10.5 Å². The Kier molecular flexibility index (Phi) is 3.85. The molecule has 3 N–H and O–H groups in total. The van der Waals surface area contributed by atoms with Crippen LogP contribution in [0.2, 0.25) is 0 Å². The maximum absolute atomic E-state index is 5.85. The maximum Gasteiger partial charge on any atom is 0.0739 e. The van der Waals surface area contributed by atoms with Crippen molar-refractivity contribution in [3.05, 3.63) is 24.0 Å². The molecule has 78 valence electrons. The van der Waals surface area contributed by atoms with E-state index in [0.29, 0.717) is 0 Å². The highest BCUT2D eigenvalue weighted by Gasteiger charge is 2.19. The van der Waals surface area contributed by atoms with Crippen molar-refractivity contribution in [1.82, 2.24) is 10.3 Å². The van der Waals surface area contributed by atoms with Gasteiger partial charge in [0.15, 0.2) is 0 Å². The van der Waals surface area contributed by atoms with Crippen molar-refractivity contribution < 1.29 is 4.74 Å². The van der Waals surface area contributed by atoms with Gasteiger partial charge in [-0.2, -0.15) is 0 Å². The summed E-state index contributed by atoms with van der Waals surface area (Å²) < 4.78 is 5.27. The zero-order valence-electron chi connectivity index (χ0n) is 8.82. The molecule has 0 spiro atoms.